The van der Waals surface area contributed by atoms with E-state index in [0.29, 0.717) is 35.6 Å². The highest BCUT2D eigenvalue weighted by molar-refractivity contribution is 6.31. The number of hydrogen-bond acceptors (Lipinski definition) is 7. The summed E-state index contributed by atoms with van der Waals surface area (Å²) in [5.74, 6) is 0.592. The summed E-state index contributed by atoms with van der Waals surface area (Å²) in [5, 5.41) is 12.8. The molecule has 0 radical (unpaired) electrons. The van der Waals surface area contributed by atoms with Crippen LogP contribution in [0, 0.1) is 11.7 Å². The lowest BCUT2D eigenvalue weighted by molar-refractivity contribution is -0.119. The second kappa shape index (κ2) is 7.98. The minimum Gasteiger partial charge on any atom is -0.339 e. The predicted octanol–water partition coefficient (Wildman–Crippen LogP) is 1.70. The van der Waals surface area contributed by atoms with Crippen LogP contribution in [0.5, 0.6) is 0 Å². The Hall–Kier alpha value is -2.49. The zero-order valence-corrected chi connectivity index (χ0v) is 17.0. The minimum absolute atomic E-state index is 0.101. The van der Waals surface area contributed by atoms with Gasteiger partial charge >= 0.3 is 0 Å². The zero-order chi connectivity index (χ0) is 20.7. The van der Waals surface area contributed by atoms with E-state index in [1.807, 2.05) is 5.01 Å². The Bertz CT molecular complexity index is 989. The minimum atomic E-state index is -0.389. The van der Waals surface area contributed by atoms with Gasteiger partial charge in [-0.2, -0.15) is 4.98 Å². The number of aromatic nitrogens is 2. The molecule has 2 aromatic rings. The first-order valence-electron chi connectivity index (χ1n) is 10.1. The second-order valence-electron chi connectivity index (χ2n) is 7.85. The summed E-state index contributed by atoms with van der Waals surface area (Å²) in [5.41, 5.74) is 5.13. The molecule has 0 spiro atoms. The quantitative estimate of drug-likeness (QED) is 0.676. The average Bonchev–Trinajstić information content (AvgIpc) is 3.37. The summed E-state index contributed by atoms with van der Waals surface area (Å²) in [6.07, 6.45) is 3.74. The van der Waals surface area contributed by atoms with Crippen molar-refractivity contribution < 1.29 is 13.7 Å². The monoisotopic (exact) mass is 432 g/mol. The van der Waals surface area contributed by atoms with E-state index in [4.69, 9.17) is 16.1 Å². The topological polar surface area (TPSA) is 95.3 Å². The fourth-order valence-electron chi connectivity index (χ4n) is 4.37. The molecule has 3 aliphatic heterocycles. The normalized spacial score (nSPS) is 24.5. The summed E-state index contributed by atoms with van der Waals surface area (Å²) >= 11 is 6.11. The highest BCUT2D eigenvalue weighted by Crippen LogP contribution is 2.34. The maximum atomic E-state index is 13.3. The van der Waals surface area contributed by atoms with Crippen LogP contribution in [0.1, 0.15) is 36.0 Å². The molecule has 1 aromatic carbocycles. The van der Waals surface area contributed by atoms with Gasteiger partial charge in [0.1, 0.15) is 12.0 Å². The third kappa shape index (κ3) is 3.68. The molecule has 2 unspecified atom stereocenters. The van der Waals surface area contributed by atoms with Gasteiger partial charge in [0, 0.05) is 35.7 Å². The number of carbonyl (C=O) groups excluding carboxylic acids is 1. The highest BCUT2D eigenvalue weighted by atomic mass is 35.5. The van der Waals surface area contributed by atoms with Gasteiger partial charge < -0.3 is 15.2 Å². The van der Waals surface area contributed by atoms with Gasteiger partial charge in [0.05, 0.1) is 5.92 Å². The molecular weight excluding hydrogens is 411 g/mol. The van der Waals surface area contributed by atoms with Crippen LogP contribution in [0.4, 0.5) is 4.39 Å². The number of nitrogens with zero attached hydrogens (tertiary/aromatic N) is 3. The van der Waals surface area contributed by atoms with E-state index in [1.54, 1.807) is 12.1 Å². The molecule has 3 N–H and O–H groups in total. The van der Waals surface area contributed by atoms with E-state index < -0.39 is 0 Å². The van der Waals surface area contributed by atoms with Crippen molar-refractivity contribution in [1.82, 2.24) is 31.2 Å². The van der Waals surface area contributed by atoms with Crippen LogP contribution in [-0.2, 0) is 11.2 Å². The van der Waals surface area contributed by atoms with Crippen molar-refractivity contribution in [3.63, 3.8) is 0 Å². The number of allylic oxidation sites excluding steroid dienone is 1. The van der Waals surface area contributed by atoms with Crippen molar-refractivity contribution in [3.8, 4) is 0 Å². The predicted molar refractivity (Wildman–Crippen MR) is 107 cm³/mol. The first-order chi connectivity index (χ1) is 14.6. The Morgan fingerprint density at radius 1 is 1.30 bits per heavy atom. The summed E-state index contributed by atoms with van der Waals surface area (Å²) in [6.45, 7) is 2.47. The third-order valence-electron chi connectivity index (χ3n) is 5.91. The largest absolute Gasteiger partial charge is 0.339 e. The number of piperidine rings is 1. The standard InChI is InChI=1S/C20H22ClFN6O2/c21-15-8-13(22)2-1-12(15)7-17-25-20(30-27-17)14-10-24-28-16(9-18(29)26-19(14)28)11-3-5-23-6-4-11/h1-2,8-9,11,14,19,23-24H,3-7,10H2,(H,26,29). The van der Waals surface area contributed by atoms with Crippen LogP contribution < -0.4 is 16.1 Å². The molecule has 10 heteroatoms. The van der Waals surface area contributed by atoms with Crippen molar-refractivity contribution >= 4 is 17.5 Å². The van der Waals surface area contributed by atoms with Crippen molar-refractivity contribution in [2.45, 2.75) is 31.3 Å². The van der Waals surface area contributed by atoms with Gasteiger partial charge in [0.25, 0.3) is 0 Å². The summed E-state index contributed by atoms with van der Waals surface area (Å²) in [6, 6.07) is 4.24. The average molecular weight is 433 g/mol. The molecule has 0 aliphatic carbocycles. The fraction of sp³-hybridized carbons (Fsp3) is 0.450. The van der Waals surface area contributed by atoms with Crippen molar-refractivity contribution in [1.29, 1.82) is 0 Å². The SMILES string of the molecule is O=C1C=C(C2CCNCC2)N2NCC(c3nc(Cc4ccc(F)cc4Cl)no3)C2N1. The highest BCUT2D eigenvalue weighted by Gasteiger charge is 2.44. The first kappa shape index (κ1) is 19.5. The molecule has 1 aromatic heterocycles. The number of hydrazine groups is 1. The van der Waals surface area contributed by atoms with Crippen LogP contribution >= 0.6 is 11.6 Å². The maximum Gasteiger partial charge on any atom is 0.247 e. The van der Waals surface area contributed by atoms with Gasteiger partial charge in [-0.05, 0) is 43.6 Å². The Kier molecular flexibility index (Phi) is 5.18. The van der Waals surface area contributed by atoms with E-state index in [-0.39, 0.29) is 23.8 Å². The second-order valence-corrected chi connectivity index (χ2v) is 8.25. The van der Waals surface area contributed by atoms with Crippen LogP contribution in [0.25, 0.3) is 0 Å². The molecular formula is C20H22ClFN6O2. The molecule has 1 amide bonds. The van der Waals surface area contributed by atoms with Crippen molar-refractivity contribution in [2.24, 2.45) is 5.92 Å². The van der Waals surface area contributed by atoms with E-state index in [9.17, 15) is 9.18 Å². The van der Waals surface area contributed by atoms with Crippen LogP contribution in [0.15, 0.2) is 34.5 Å². The van der Waals surface area contributed by atoms with E-state index >= 15 is 0 Å². The lowest BCUT2D eigenvalue weighted by atomic mass is 9.92. The molecule has 2 fully saturated rings. The Morgan fingerprint density at radius 3 is 2.93 bits per heavy atom. The molecule has 5 rings (SSSR count). The number of halogens is 2. The number of nitrogens with one attached hydrogen (secondary N) is 3. The summed E-state index contributed by atoms with van der Waals surface area (Å²) in [4.78, 5) is 16.9. The van der Waals surface area contributed by atoms with Crippen LogP contribution in [0.2, 0.25) is 5.02 Å². The Balaban J connectivity index is 1.34. The number of rotatable bonds is 4. The molecule has 30 heavy (non-hydrogen) atoms. The lowest BCUT2D eigenvalue weighted by Crippen LogP contribution is -2.53. The van der Waals surface area contributed by atoms with Gasteiger partial charge in [-0.15, -0.1) is 0 Å². The first-order valence-corrected chi connectivity index (χ1v) is 10.5. The Labute approximate surface area is 177 Å². The zero-order valence-electron chi connectivity index (χ0n) is 16.2. The van der Waals surface area contributed by atoms with Gasteiger partial charge in [-0.1, -0.05) is 22.8 Å². The third-order valence-corrected chi connectivity index (χ3v) is 6.26. The molecule has 4 heterocycles. The van der Waals surface area contributed by atoms with Gasteiger partial charge in [0.15, 0.2) is 5.82 Å². The number of hydrogen-bond donors (Lipinski definition) is 3. The van der Waals surface area contributed by atoms with Crippen LogP contribution in [-0.4, -0.2) is 46.9 Å². The molecule has 158 valence electrons. The lowest BCUT2D eigenvalue weighted by Gasteiger charge is -2.38. The smallest absolute Gasteiger partial charge is 0.247 e. The van der Waals surface area contributed by atoms with Crippen molar-refractivity contribution in [2.75, 3.05) is 19.6 Å². The van der Waals surface area contributed by atoms with Crippen molar-refractivity contribution in [3.05, 3.63) is 58.1 Å². The fourth-order valence-corrected chi connectivity index (χ4v) is 4.61. The summed E-state index contributed by atoms with van der Waals surface area (Å²) in [7, 11) is 0. The van der Waals surface area contributed by atoms with Gasteiger partial charge in [-0.3, -0.25) is 9.80 Å². The van der Waals surface area contributed by atoms with E-state index in [0.717, 1.165) is 37.2 Å². The molecule has 3 aliphatic rings. The molecule has 2 atom stereocenters. The number of fused-ring (bicyclic) bond motifs is 1. The Morgan fingerprint density at radius 2 is 2.13 bits per heavy atom. The van der Waals surface area contributed by atoms with Gasteiger partial charge in [-0.25, -0.2) is 9.82 Å². The molecule has 0 bridgehead atoms. The van der Waals surface area contributed by atoms with E-state index in [2.05, 4.69) is 26.2 Å². The number of benzene rings is 1. The molecule has 8 nitrogen and oxygen atoms in total. The number of carbonyl (C=O) groups is 1. The molecule has 2 saturated heterocycles. The van der Waals surface area contributed by atoms with E-state index in [1.165, 1.54) is 12.1 Å². The number of amides is 1. The molecule has 0 saturated carbocycles. The maximum absolute atomic E-state index is 13.3. The summed E-state index contributed by atoms with van der Waals surface area (Å²) < 4.78 is 18.8. The van der Waals surface area contributed by atoms with Gasteiger partial charge in [0.2, 0.25) is 11.8 Å². The van der Waals surface area contributed by atoms with Crippen LogP contribution in [0.3, 0.4) is 0 Å².